The number of methoxy groups -OCH3 is 1. The Kier molecular flexibility index (Phi) is 7.57. The van der Waals surface area contributed by atoms with E-state index in [4.69, 9.17) is 4.74 Å². The van der Waals surface area contributed by atoms with Gasteiger partial charge in [-0.25, -0.2) is 0 Å². The van der Waals surface area contributed by atoms with Crippen LogP contribution in [0.3, 0.4) is 0 Å². The smallest absolute Gasteiger partial charge is 0.126 e. The molecule has 0 saturated carbocycles. The Labute approximate surface area is 180 Å². The molecule has 1 fully saturated rings. The van der Waals surface area contributed by atoms with Gasteiger partial charge in [0.05, 0.1) is 27.7 Å². The van der Waals surface area contributed by atoms with E-state index in [2.05, 4.69) is 29.2 Å². The molecular weight excluding hydrogens is 402 g/mol. The Morgan fingerprint density at radius 1 is 1.24 bits per heavy atom. The Morgan fingerprint density at radius 2 is 1.93 bits per heavy atom. The molecule has 156 valence electrons. The van der Waals surface area contributed by atoms with Crippen molar-refractivity contribution in [2.24, 2.45) is 0 Å². The molecule has 0 aromatic heterocycles. The van der Waals surface area contributed by atoms with Crippen molar-refractivity contribution in [1.29, 1.82) is 0 Å². The van der Waals surface area contributed by atoms with Crippen molar-refractivity contribution in [3.8, 4) is 5.75 Å². The number of hydrogen-bond donors (Lipinski definition) is 1. The molecule has 0 aliphatic carbocycles. The molecule has 29 heavy (non-hydrogen) atoms. The molecular formula is C23H29NO3S2. The molecule has 1 unspecified atom stereocenters. The Bertz CT molecular complexity index is 875. The summed E-state index contributed by atoms with van der Waals surface area (Å²) >= 11 is 1.47. The predicted octanol–water partition coefficient (Wildman–Crippen LogP) is 4.22. The number of likely N-dealkylation sites (tertiary alicyclic amines) is 1. The van der Waals surface area contributed by atoms with Gasteiger partial charge in [-0.2, -0.15) is 0 Å². The zero-order valence-electron chi connectivity index (χ0n) is 17.3. The lowest BCUT2D eigenvalue weighted by Crippen LogP contribution is -2.42. The lowest BCUT2D eigenvalue weighted by atomic mass is 9.83. The van der Waals surface area contributed by atoms with Gasteiger partial charge in [-0.3, -0.25) is 9.11 Å². The summed E-state index contributed by atoms with van der Waals surface area (Å²) in [5.41, 5.74) is 2.21. The number of hydrogen-bond acceptors (Lipinski definition) is 5. The van der Waals surface area contributed by atoms with Crippen LogP contribution in [0.1, 0.15) is 29.5 Å². The second kappa shape index (κ2) is 9.94. The van der Waals surface area contributed by atoms with Crippen LogP contribution < -0.4 is 4.74 Å². The third kappa shape index (κ3) is 5.51. The Hall–Kier alpha value is -1.60. The molecule has 1 aliphatic rings. The van der Waals surface area contributed by atoms with E-state index < -0.39 is 16.4 Å². The minimum atomic E-state index is -1.04. The third-order valence-electron chi connectivity index (χ3n) is 5.46. The van der Waals surface area contributed by atoms with Crippen LogP contribution in [-0.4, -0.2) is 46.9 Å². The van der Waals surface area contributed by atoms with E-state index in [1.54, 1.807) is 13.4 Å². The number of benzene rings is 2. The van der Waals surface area contributed by atoms with Gasteiger partial charge in [0, 0.05) is 31.5 Å². The number of piperidine rings is 1. The molecule has 1 N–H and O–H groups in total. The summed E-state index contributed by atoms with van der Waals surface area (Å²) < 4.78 is 18.2. The van der Waals surface area contributed by atoms with E-state index in [-0.39, 0.29) is 0 Å². The van der Waals surface area contributed by atoms with Gasteiger partial charge in [0.1, 0.15) is 5.75 Å². The molecule has 3 rings (SSSR count). The van der Waals surface area contributed by atoms with Crippen LogP contribution in [-0.2, 0) is 22.9 Å². The van der Waals surface area contributed by atoms with Crippen LogP contribution in [0.4, 0.5) is 0 Å². The molecule has 1 aliphatic heterocycles. The molecule has 0 amide bonds. The van der Waals surface area contributed by atoms with Crippen molar-refractivity contribution in [1.82, 2.24) is 4.90 Å². The fourth-order valence-electron chi connectivity index (χ4n) is 3.72. The van der Waals surface area contributed by atoms with Gasteiger partial charge in [0.25, 0.3) is 0 Å². The zero-order chi connectivity index (χ0) is 20.9. The number of ether oxygens (including phenoxy) is 1. The Morgan fingerprint density at radius 3 is 2.52 bits per heavy atom. The molecule has 0 spiro atoms. The standard InChI is InChI=1S/C23H29NO3S2/c1-27-21-16-20(10-9-19(21)15-22(28-2)29(3)26)23(25)11-13-24(14-12-23)17-18-7-5-4-6-8-18/h4-10,15-16,25H,11-14,17H2,1-3H3/b22-15+. The van der Waals surface area contributed by atoms with Gasteiger partial charge < -0.3 is 9.84 Å². The van der Waals surface area contributed by atoms with E-state index in [0.717, 1.165) is 35.0 Å². The number of rotatable bonds is 7. The molecule has 2 aromatic rings. The highest BCUT2D eigenvalue weighted by atomic mass is 32.2. The van der Waals surface area contributed by atoms with E-state index in [1.165, 1.54) is 17.3 Å². The summed E-state index contributed by atoms with van der Waals surface area (Å²) in [6.07, 6.45) is 6.87. The monoisotopic (exact) mass is 431 g/mol. The minimum Gasteiger partial charge on any atom is -0.496 e. The second-order valence-corrected chi connectivity index (χ2v) is 9.83. The van der Waals surface area contributed by atoms with Gasteiger partial charge in [-0.1, -0.05) is 42.5 Å². The Balaban J connectivity index is 1.74. The minimum absolute atomic E-state index is 0.688. The van der Waals surface area contributed by atoms with Crippen LogP contribution in [0.5, 0.6) is 5.75 Å². The lowest BCUT2D eigenvalue weighted by Gasteiger charge is -2.38. The van der Waals surface area contributed by atoms with Gasteiger partial charge in [-0.05, 0) is 42.4 Å². The summed E-state index contributed by atoms with van der Waals surface area (Å²) in [5.74, 6) is 0.694. The first-order valence-corrected chi connectivity index (χ1v) is 12.5. The van der Waals surface area contributed by atoms with Gasteiger partial charge >= 0.3 is 0 Å². The lowest BCUT2D eigenvalue weighted by molar-refractivity contribution is -0.0278. The van der Waals surface area contributed by atoms with E-state index in [0.29, 0.717) is 18.6 Å². The van der Waals surface area contributed by atoms with Crippen molar-refractivity contribution in [2.45, 2.75) is 25.0 Å². The second-order valence-electron chi connectivity index (χ2n) is 7.37. The van der Waals surface area contributed by atoms with Crippen molar-refractivity contribution in [2.75, 3.05) is 32.7 Å². The number of aliphatic hydroxyl groups is 1. The highest BCUT2D eigenvalue weighted by molar-refractivity contribution is 8.16. The van der Waals surface area contributed by atoms with E-state index in [9.17, 15) is 9.32 Å². The van der Waals surface area contributed by atoms with Crippen LogP contribution >= 0.6 is 11.8 Å². The summed E-state index contributed by atoms with van der Waals surface area (Å²) in [6.45, 7) is 2.61. The van der Waals surface area contributed by atoms with Crippen LogP contribution in [0, 0.1) is 0 Å². The maximum atomic E-state index is 11.8. The molecule has 0 radical (unpaired) electrons. The maximum absolute atomic E-state index is 11.8. The number of thioether (sulfide) groups is 1. The topological polar surface area (TPSA) is 49.8 Å². The first kappa shape index (κ1) is 22.1. The van der Waals surface area contributed by atoms with Crippen molar-refractivity contribution < 1.29 is 14.1 Å². The molecule has 1 atom stereocenters. The summed E-state index contributed by atoms with van der Waals surface area (Å²) in [5, 5.41) is 11.3. The maximum Gasteiger partial charge on any atom is 0.126 e. The predicted molar refractivity (Wildman–Crippen MR) is 123 cm³/mol. The number of nitrogens with zero attached hydrogens (tertiary/aromatic N) is 1. The first-order valence-electron chi connectivity index (χ1n) is 9.71. The van der Waals surface area contributed by atoms with Crippen LogP contribution in [0.25, 0.3) is 6.08 Å². The molecule has 2 aromatic carbocycles. The molecule has 6 heteroatoms. The summed E-state index contributed by atoms with van der Waals surface area (Å²) in [4.78, 5) is 2.39. The fraction of sp³-hybridized carbons (Fsp3) is 0.391. The van der Waals surface area contributed by atoms with Crippen molar-refractivity contribution in [3.63, 3.8) is 0 Å². The van der Waals surface area contributed by atoms with Crippen LogP contribution in [0.15, 0.2) is 52.8 Å². The highest BCUT2D eigenvalue weighted by Gasteiger charge is 2.34. The third-order valence-corrected chi connectivity index (χ3v) is 7.87. The average molecular weight is 432 g/mol. The van der Waals surface area contributed by atoms with Crippen molar-refractivity contribution in [3.05, 3.63) is 69.5 Å². The van der Waals surface area contributed by atoms with Crippen LogP contribution in [0.2, 0.25) is 0 Å². The highest BCUT2D eigenvalue weighted by Crippen LogP contribution is 2.37. The van der Waals surface area contributed by atoms with E-state index in [1.807, 2.05) is 36.6 Å². The average Bonchev–Trinajstić information content (AvgIpc) is 2.74. The molecule has 4 nitrogen and oxygen atoms in total. The summed E-state index contributed by atoms with van der Waals surface area (Å²) in [6, 6.07) is 16.3. The quantitative estimate of drug-likeness (QED) is 0.711. The van der Waals surface area contributed by atoms with Gasteiger partial charge in [0.2, 0.25) is 0 Å². The summed E-state index contributed by atoms with van der Waals surface area (Å²) in [7, 11) is 0.590. The zero-order valence-corrected chi connectivity index (χ0v) is 18.9. The fourth-order valence-corrected chi connectivity index (χ4v) is 5.19. The first-order chi connectivity index (χ1) is 13.9. The van der Waals surface area contributed by atoms with Gasteiger partial charge in [-0.15, -0.1) is 11.8 Å². The normalized spacial score (nSPS) is 18.4. The SMILES string of the molecule is COc1cc(C2(O)CCN(Cc3ccccc3)CC2)ccc1/C=C(\SC)S(C)=O. The van der Waals surface area contributed by atoms with E-state index >= 15 is 0 Å². The van der Waals surface area contributed by atoms with Crippen molar-refractivity contribution >= 4 is 28.6 Å². The van der Waals surface area contributed by atoms with Gasteiger partial charge in [0.15, 0.2) is 0 Å². The molecule has 0 bridgehead atoms. The molecule has 1 saturated heterocycles. The largest absolute Gasteiger partial charge is 0.496 e. The molecule has 1 heterocycles.